The number of hydrogen-bond donors (Lipinski definition) is 1. The van der Waals surface area contributed by atoms with Gasteiger partial charge in [-0.15, -0.1) is 0 Å². The first-order chi connectivity index (χ1) is 8.61. The first kappa shape index (κ1) is 14.5. The first-order valence-electron chi connectivity index (χ1n) is 6.44. The molecule has 0 saturated heterocycles. The highest BCUT2D eigenvalue weighted by Gasteiger charge is 2.04. The van der Waals surface area contributed by atoms with Crippen molar-refractivity contribution in [1.29, 1.82) is 5.26 Å². The van der Waals surface area contributed by atoms with Gasteiger partial charge in [-0.3, -0.25) is 0 Å². The van der Waals surface area contributed by atoms with Crippen LogP contribution in [0.15, 0.2) is 24.3 Å². The van der Waals surface area contributed by atoms with E-state index in [1.807, 2.05) is 24.3 Å². The van der Waals surface area contributed by atoms with Crippen molar-refractivity contribution < 1.29 is 4.74 Å². The zero-order valence-electron chi connectivity index (χ0n) is 11.4. The minimum Gasteiger partial charge on any atom is -0.479 e. The van der Waals surface area contributed by atoms with Crippen molar-refractivity contribution in [1.82, 2.24) is 5.32 Å². The van der Waals surface area contributed by atoms with Gasteiger partial charge >= 0.3 is 0 Å². The number of nitrogens with zero attached hydrogens (tertiary/aromatic N) is 1. The summed E-state index contributed by atoms with van der Waals surface area (Å²) in [4.78, 5) is 0. The molecule has 0 aliphatic heterocycles. The summed E-state index contributed by atoms with van der Waals surface area (Å²) in [6.45, 7) is 7.59. The summed E-state index contributed by atoms with van der Waals surface area (Å²) >= 11 is 0. The summed E-state index contributed by atoms with van der Waals surface area (Å²) < 4.78 is 5.28. The van der Waals surface area contributed by atoms with Gasteiger partial charge in [0.15, 0.2) is 6.61 Å². The number of ether oxygens (including phenoxy) is 1. The second kappa shape index (κ2) is 7.73. The lowest BCUT2D eigenvalue weighted by Crippen LogP contribution is -2.26. The second-order valence-corrected chi connectivity index (χ2v) is 5.01. The van der Waals surface area contributed by atoms with E-state index in [4.69, 9.17) is 10.00 Å². The van der Waals surface area contributed by atoms with E-state index >= 15 is 0 Å². The third-order valence-electron chi connectivity index (χ3n) is 2.68. The van der Waals surface area contributed by atoms with Gasteiger partial charge in [-0.2, -0.15) is 5.26 Å². The van der Waals surface area contributed by atoms with Crippen LogP contribution < -0.4 is 10.1 Å². The highest BCUT2D eigenvalue weighted by Crippen LogP contribution is 2.13. The molecule has 1 rings (SSSR count). The Balaban J connectivity index is 2.44. The molecule has 1 atom stereocenters. The van der Waals surface area contributed by atoms with Gasteiger partial charge in [0.25, 0.3) is 0 Å². The fraction of sp³-hybridized carbons (Fsp3) is 0.533. The van der Waals surface area contributed by atoms with Gasteiger partial charge in [-0.25, -0.2) is 0 Å². The van der Waals surface area contributed by atoms with Crippen LogP contribution in [0.25, 0.3) is 0 Å². The summed E-state index contributed by atoms with van der Waals surface area (Å²) in [5, 5.41) is 12.0. The quantitative estimate of drug-likeness (QED) is 0.804. The molecule has 0 spiro atoms. The molecule has 3 heteroatoms. The van der Waals surface area contributed by atoms with E-state index in [1.165, 1.54) is 12.0 Å². The molecule has 3 nitrogen and oxygen atoms in total. The number of benzene rings is 1. The zero-order chi connectivity index (χ0) is 13.4. The average molecular weight is 246 g/mol. The molecule has 18 heavy (non-hydrogen) atoms. The molecule has 0 aliphatic carbocycles. The molecule has 1 aromatic carbocycles. The lowest BCUT2D eigenvalue weighted by molar-refractivity contribution is 0.367. The number of nitriles is 1. The van der Waals surface area contributed by atoms with Gasteiger partial charge in [0.1, 0.15) is 11.8 Å². The van der Waals surface area contributed by atoms with Crippen LogP contribution in [-0.2, 0) is 6.54 Å². The fourth-order valence-electron chi connectivity index (χ4n) is 1.94. The van der Waals surface area contributed by atoms with Crippen molar-refractivity contribution in [3.05, 3.63) is 29.8 Å². The van der Waals surface area contributed by atoms with E-state index < -0.39 is 0 Å². The number of nitrogens with one attached hydrogen (secondary N) is 1. The van der Waals surface area contributed by atoms with E-state index in [9.17, 15) is 0 Å². The Hall–Kier alpha value is -1.53. The smallest absolute Gasteiger partial charge is 0.174 e. The molecule has 0 bridgehead atoms. The predicted molar refractivity (Wildman–Crippen MR) is 73.3 cm³/mol. The standard InChI is InChI=1S/C15H22N2O/c1-12(2)9-13(3)17-11-14-5-4-6-15(10-14)18-8-7-16/h4-6,10,12-13,17H,8-9,11H2,1-3H3. The average Bonchev–Trinajstić information content (AvgIpc) is 2.33. The molecule has 0 saturated carbocycles. The van der Waals surface area contributed by atoms with E-state index in [2.05, 4.69) is 32.2 Å². The van der Waals surface area contributed by atoms with Crippen molar-refractivity contribution in [2.75, 3.05) is 6.61 Å². The largest absolute Gasteiger partial charge is 0.479 e. The predicted octanol–water partition coefficient (Wildman–Crippen LogP) is 3.11. The Morgan fingerprint density at radius 3 is 2.78 bits per heavy atom. The lowest BCUT2D eigenvalue weighted by atomic mass is 10.1. The van der Waals surface area contributed by atoms with Crippen molar-refractivity contribution in [2.24, 2.45) is 5.92 Å². The molecule has 1 N–H and O–H groups in total. The maximum Gasteiger partial charge on any atom is 0.174 e. The topological polar surface area (TPSA) is 45.0 Å². The highest BCUT2D eigenvalue weighted by atomic mass is 16.5. The summed E-state index contributed by atoms with van der Waals surface area (Å²) in [5.74, 6) is 1.46. The summed E-state index contributed by atoms with van der Waals surface area (Å²) in [6, 6.07) is 10.3. The molecule has 0 radical (unpaired) electrons. The van der Waals surface area contributed by atoms with Crippen LogP contribution in [0.4, 0.5) is 0 Å². The normalized spacial score (nSPS) is 12.2. The Labute approximate surface area is 110 Å². The van der Waals surface area contributed by atoms with E-state index in [1.54, 1.807) is 0 Å². The Morgan fingerprint density at radius 2 is 2.11 bits per heavy atom. The van der Waals surface area contributed by atoms with Crippen LogP contribution in [0.3, 0.4) is 0 Å². The first-order valence-corrected chi connectivity index (χ1v) is 6.44. The molecule has 0 fully saturated rings. The molecule has 0 heterocycles. The van der Waals surface area contributed by atoms with Crippen LogP contribution in [0.2, 0.25) is 0 Å². The monoisotopic (exact) mass is 246 g/mol. The maximum atomic E-state index is 8.47. The van der Waals surface area contributed by atoms with Gasteiger partial charge in [-0.05, 0) is 37.0 Å². The van der Waals surface area contributed by atoms with E-state index in [-0.39, 0.29) is 6.61 Å². The molecular formula is C15H22N2O. The van der Waals surface area contributed by atoms with Crippen LogP contribution in [-0.4, -0.2) is 12.6 Å². The van der Waals surface area contributed by atoms with Gasteiger partial charge in [0, 0.05) is 12.6 Å². The summed E-state index contributed by atoms with van der Waals surface area (Å²) in [5.41, 5.74) is 1.18. The lowest BCUT2D eigenvalue weighted by Gasteiger charge is -2.16. The molecule has 1 unspecified atom stereocenters. The molecule has 98 valence electrons. The Kier molecular flexibility index (Phi) is 6.24. The van der Waals surface area contributed by atoms with Gasteiger partial charge in [-0.1, -0.05) is 26.0 Å². The molecular weight excluding hydrogens is 224 g/mol. The fourth-order valence-corrected chi connectivity index (χ4v) is 1.94. The van der Waals surface area contributed by atoms with Crippen molar-refractivity contribution in [2.45, 2.75) is 39.8 Å². The number of rotatable bonds is 7. The van der Waals surface area contributed by atoms with E-state index in [0.29, 0.717) is 12.0 Å². The Bertz CT molecular complexity index is 396. The maximum absolute atomic E-state index is 8.47. The van der Waals surface area contributed by atoms with Crippen molar-refractivity contribution in [3.63, 3.8) is 0 Å². The van der Waals surface area contributed by atoms with Crippen LogP contribution in [0.5, 0.6) is 5.75 Å². The molecule has 1 aromatic rings. The third kappa shape index (κ3) is 5.70. The highest BCUT2D eigenvalue weighted by molar-refractivity contribution is 5.28. The van der Waals surface area contributed by atoms with Crippen LogP contribution in [0.1, 0.15) is 32.8 Å². The van der Waals surface area contributed by atoms with Gasteiger partial charge in [0.05, 0.1) is 0 Å². The van der Waals surface area contributed by atoms with Crippen LogP contribution in [0, 0.1) is 17.2 Å². The minimum absolute atomic E-state index is 0.0979. The second-order valence-electron chi connectivity index (χ2n) is 5.01. The van der Waals surface area contributed by atoms with Gasteiger partial charge in [0.2, 0.25) is 0 Å². The van der Waals surface area contributed by atoms with E-state index in [0.717, 1.165) is 12.3 Å². The van der Waals surface area contributed by atoms with Crippen molar-refractivity contribution in [3.8, 4) is 11.8 Å². The molecule has 0 amide bonds. The Morgan fingerprint density at radius 1 is 1.33 bits per heavy atom. The third-order valence-corrected chi connectivity index (χ3v) is 2.68. The van der Waals surface area contributed by atoms with Gasteiger partial charge < -0.3 is 10.1 Å². The minimum atomic E-state index is 0.0979. The van der Waals surface area contributed by atoms with Crippen LogP contribution >= 0.6 is 0 Å². The SMILES string of the molecule is CC(C)CC(C)NCc1cccc(OCC#N)c1. The zero-order valence-corrected chi connectivity index (χ0v) is 11.4. The molecule has 0 aromatic heterocycles. The summed E-state index contributed by atoms with van der Waals surface area (Å²) in [7, 11) is 0. The number of hydrogen-bond acceptors (Lipinski definition) is 3. The molecule has 0 aliphatic rings. The van der Waals surface area contributed by atoms with Crippen molar-refractivity contribution >= 4 is 0 Å². The summed E-state index contributed by atoms with van der Waals surface area (Å²) in [6.07, 6.45) is 1.17.